The number of ether oxygens (including phenoxy) is 3. The van der Waals surface area contributed by atoms with Crippen molar-refractivity contribution in [3.8, 4) is 11.5 Å². The van der Waals surface area contributed by atoms with Gasteiger partial charge in [-0.25, -0.2) is 0 Å². The van der Waals surface area contributed by atoms with E-state index in [2.05, 4.69) is 11.4 Å². The summed E-state index contributed by atoms with van der Waals surface area (Å²) in [6.45, 7) is 3.89. The summed E-state index contributed by atoms with van der Waals surface area (Å²) < 4.78 is 16.6. The number of hydrogen-bond acceptors (Lipinski definition) is 6. The molecule has 0 saturated heterocycles. The molecule has 8 heteroatoms. The predicted molar refractivity (Wildman–Crippen MR) is 145 cm³/mol. The number of methoxy groups -OCH3 is 2. The Morgan fingerprint density at radius 1 is 1.08 bits per heavy atom. The Bertz CT molecular complexity index is 1190. The molecule has 0 spiro atoms. The third-order valence-electron chi connectivity index (χ3n) is 6.63. The summed E-state index contributed by atoms with van der Waals surface area (Å²) in [6, 6.07) is 16.7. The van der Waals surface area contributed by atoms with Crippen LogP contribution < -0.4 is 9.47 Å². The van der Waals surface area contributed by atoms with Gasteiger partial charge >= 0.3 is 0 Å². The highest BCUT2D eigenvalue weighted by molar-refractivity contribution is 7.10. The molecule has 0 saturated carbocycles. The van der Waals surface area contributed by atoms with Crippen LogP contribution >= 0.6 is 11.3 Å². The van der Waals surface area contributed by atoms with Gasteiger partial charge in [0.25, 0.3) is 5.91 Å². The molecule has 0 fully saturated rings. The molecular weight excluding hydrogens is 488 g/mol. The molecular formula is C29H34N2O5S. The molecule has 0 aliphatic carbocycles. The standard InChI is InChI=1S/C29H34N2O5S/c1-21-7-4-5-8-26(21)36-20-25-24-14-18-37-27(24)13-16-31(25)28(32)19-30(15-6-17-34-2)29(33)22-9-11-23(35-3)12-10-22/h4-5,7-12,14,18,25H,6,13,15-17,19-20H2,1-3H3/t25-/m0/s1. The minimum atomic E-state index is -0.209. The topological polar surface area (TPSA) is 68.3 Å². The van der Waals surface area contributed by atoms with Gasteiger partial charge in [0, 0.05) is 37.2 Å². The SMILES string of the molecule is COCCCN(CC(=O)N1CCc2sccc2[C@@H]1COc1ccccc1C)C(=O)c1ccc(OC)cc1. The lowest BCUT2D eigenvalue weighted by atomic mass is 10.00. The first-order chi connectivity index (χ1) is 18.0. The quantitative estimate of drug-likeness (QED) is 0.340. The van der Waals surface area contributed by atoms with Crippen LogP contribution in [0.2, 0.25) is 0 Å². The molecule has 196 valence electrons. The lowest BCUT2D eigenvalue weighted by molar-refractivity contribution is -0.135. The number of nitrogens with zero attached hydrogens (tertiary/aromatic N) is 2. The maximum atomic E-state index is 13.7. The Morgan fingerprint density at radius 2 is 1.86 bits per heavy atom. The van der Waals surface area contributed by atoms with Crippen molar-refractivity contribution in [1.82, 2.24) is 9.80 Å². The van der Waals surface area contributed by atoms with Crippen LogP contribution in [0.4, 0.5) is 0 Å². The number of benzene rings is 2. The fourth-order valence-corrected chi connectivity index (χ4v) is 5.51. The Labute approximate surface area is 222 Å². The Morgan fingerprint density at radius 3 is 2.59 bits per heavy atom. The maximum Gasteiger partial charge on any atom is 0.254 e. The lowest BCUT2D eigenvalue weighted by Crippen LogP contribution is -2.48. The minimum absolute atomic E-state index is 0.00505. The number of rotatable bonds is 11. The Balaban J connectivity index is 1.52. The molecule has 0 radical (unpaired) electrons. The van der Waals surface area contributed by atoms with E-state index >= 15 is 0 Å². The van der Waals surface area contributed by atoms with Crippen LogP contribution in [0.3, 0.4) is 0 Å². The molecule has 2 heterocycles. The molecule has 1 aromatic heterocycles. The van der Waals surface area contributed by atoms with E-state index in [1.165, 1.54) is 4.88 Å². The molecule has 7 nitrogen and oxygen atoms in total. The minimum Gasteiger partial charge on any atom is -0.497 e. The van der Waals surface area contributed by atoms with E-state index in [4.69, 9.17) is 14.2 Å². The second-order valence-corrected chi connectivity index (χ2v) is 10.0. The second-order valence-electron chi connectivity index (χ2n) is 9.03. The fraction of sp³-hybridized carbons (Fsp3) is 0.379. The van der Waals surface area contributed by atoms with E-state index in [1.807, 2.05) is 36.1 Å². The molecule has 1 atom stereocenters. The van der Waals surface area contributed by atoms with Crippen LogP contribution in [0.1, 0.15) is 38.8 Å². The van der Waals surface area contributed by atoms with Gasteiger partial charge in [0.15, 0.2) is 0 Å². The zero-order valence-electron chi connectivity index (χ0n) is 21.6. The maximum absolute atomic E-state index is 13.7. The smallest absolute Gasteiger partial charge is 0.254 e. The summed E-state index contributed by atoms with van der Waals surface area (Å²) in [5.74, 6) is 1.21. The van der Waals surface area contributed by atoms with E-state index in [9.17, 15) is 9.59 Å². The summed E-state index contributed by atoms with van der Waals surface area (Å²) in [6.07, 6.45) is 1.44. The van der Waals surface area contributed by atoms with Crippen LogP contribution in [0, 0.1) is 6.92 Å². The second kappa shape index (κ2) is 12.7. The highest BCUT2D eigenvalue weighted by atomic mass is 32.1. The van der Waals surface area contributed by atoms with E-state index in [0.29, 0.717) is 44.0 Å². The van der Waals surface area contributed by atoms with Gasteiger partial charge in [-0.15, -0.1) is 11.3 Å². The molecule has 1 aliphatic heterocycles. The predicted octanol–water partition coefficient (Wildman–Crippen LogP) is 4.75. The first-order valence-corrected chi connectivity index (χ1v) is 13.4. The summed E-state index contributed by atoms with van der Waals surface area (Å²) in [5, 5.41) is 2.07. The van der Waals surface area contributed by atoms with Crippen LogP contribution in [0.5, 0.6) is 11.5 Å². The van der Waals surface area contributed by atoms with Gasteiger partial charge in [-0.3, -0.25) is 9.59 Å². The number of carbonyl (C=O) groups excluding carboxylic acids is 2. The fourth-order valence-electron chi connectivity index (χ4n) is 4.58. The van der Waals surface area contributed by atoms with E-state index in [1.54, 1.807) is 54.7 Å². The van der Waals surface area contributed by atoms with Crippen molar-refractivity contribution in [2.24, 2.45) is 0 Å². The van der Waals surface area contributed by atoms with Gasteiger partial charge < -0.3 is 24.0 Å². The number of hydrogen-bond donors (Lipinski definition) is 0. The van der Waals surface area contributed by atoms with Crippen molar-refractivity contribution < 1.29 is 23.8 Å². The highest BCUT2D eigenvalue weighted by Crippen LogP contribution is 2.34. The van der Waals surface area contributed by atoms with Gasteiger partial charge in [-0.2, -0.15) is 0 Å². The first kappa shape index (κ1) is 26.7. The van der Waals surface area contributed by atoms with Crippen LogP contribution in [-0.4, -0.2) is 68.7 Å². The Kier molecular flexibility index (Phi) is 9.19. The van der Waals surface area contributed by atoms with E-state index in [0.717, 1.165) is 23.3 Å². The number of amides is 2. The van der Waals surface area contributed by atoms with Crippen molar-refractivity contribution in [2.45, 2.75) is 25.8 Å². The largest absolute Gasteiger partial charge is 0.497 e. The van der Waals surface area contributed by atoms with Gasteiger partial charge in [-0.1, -0.05) is 18.2 Å². The number of para-hydroxylation sites is 1. The monoisotopic (exact) mass is 522 g/mol. The molecule has 0 N–H and O–H groups in total. The zero-order valence-corrected chi connectivity index (χ0v) is 22.5. The average molecular weight is 523 g/mol. The highest BCUT2D eigenvalue weighted by Gasteiger charge is 2.33. The number of thiophene rings is 1. The zero-order chi connectivity index (χ0) is 26.2. The summed E-state index contributed by atoms with van der Waals surface area (Å²) >= 11 is 1.72. The normalized spacial score (nSPS) is 14.7. The Hall–Kier alpha value is -3.36. The summed E-state index contributed by atoms with van der Waals surface area (Å²) in [4.78, 5) is 31.9. The van der Waals surface area contributed by atoms with Gasteiger partial charge in [-0.05, 0) is 72.7 Å². The molecule has 3 aromatic rings. The van der Waals surface area contributed by atoms with Crippen molar-refractivity contribution in [1.29, 1.82) is 0 Å². The van der Waals surface area contributed by atoms with E-state index in [-0.39, 0.29) is 24.4 Å². The molecule has 2 amide bonds. The number of aryl methyl sites for hydroxylation is 1. The van der Waals surface area contributed by atoms with Crippen molar-refractivity contribution in [3.05, 3.63) is 81.5 Å². The number of carbonyl (C=O) groups is 2. The summed E-state index contributed by atoms with van der Waals surface area (Å²) in [5.41, 5.74) is 2.70. The molecule has 4 rings (SSSR count). The number of fused-ring (bicyclic) bond motifs is 1. The lowest BCUT2D eigenvalue weighted by Gasteiger charge is -2.37. The average Bonchev–Trinajstić information content (AvgIpc) is 3.41. The van der Waals surface area contributed by atoms with Gasteiger partial charge in [0.05, 0.1) is 13.2 Å². The molecule has 2 aromatic carbocycles. The first-order valence-electron chi connectivity index (χ1n) is 12.5. The third-order valence-corrected chi connectivity index (χ3v) is 7.63. The molecule has 0 bridgehead atoms. The van der Waals surface area contributed by atoms with Gasteiger partial charge in [0.2, 0.25) is 5.91 Å². The van der Waals surface area contributed by atoms with E-state index < -0.39 is 0 Å². The van der Waals surface area contributed by atoms with Crippen molar-refractivity contribution in [3.63, 3.8) is 0 Å². The molecule has 1 aliphatic rings. The van der Waals surface area contributed by atoms with Crippen LogP contribution in [0.15, 0.2) is 60.0 Å². The van der Waals surface area contributed by atoms with Crippen molar-refractivity contribution >= 4 is 23.2 Å². The summed E-state index contributed by atoms with van der Waals surface area (Å²) in [7, 11) is 3.22. The third kappa shape index (κ3) is 6.50. The van der Waals surface area contributed by atoms with Gasteiger partial charge in [0.1, 0.15) is 24.7 Å². The molecule has 0 unspecified atom stereocenters. The van der Waals surface area contributed by atoms with Crippen LogP contribution in [0.25, 0.3) is 0 Å². The molecule has 37 heavy (non-hydrogen) atoms. The van der Waals surface area contributed by atoms with Crippen LogP contribution in [-0.2, 0) is 16.0 Å². The van der Waals surface area contributed by atoms with Crippen molar-refractivity contribution in [2.75, 3.05) is 47.1 Å².